The van der Waals surface area contributed by atoms with Crippen LogP contribution in [-0.2, 0) is 11.2 Å². The van der Waals surface area contributed by atoms with E-state index in [1.165, 1.54) is 12.1 Å². The Bertz CT molecular complexity index is 999. The van der Waals surface area contributed by atoms with Crippen LogP contribution in [0.25, 0.3) is 11.3 Å². The van der Waals surface area contributed by atoms with Gasteiger partial charge in [-0.3, -0.25) is 14.8 Å². The normalized spacial score (nSPS) is 14.2. The lowest BCUT2D eigenvalue weighted by Gasteiger charge is -2.36. The maximum Gasteiger partial charge on any atom is 0.236 e. The Morgan fingerprint density at radius 3 is 2.62 bits per heavy atom. The zero-order valence-corrected chi connectivity index (χ0v) is 18.4. The summed E-state index contributed by atoms with van der Waals surface area (Å²) < 4.78 is 13.1. The van der Waals surface area contributed by atoms with Crippen LogP contribution < -0.4 is 4.90 Å². The van der Waals surface area contributed by atoms with Crippen LogP contribution in [0.4, 0.5) is 10.2 Å². The van der Waals surface area contributed by atoms with Crippen molar-refractivity contribution in [3.63, 3.8) is 0 Å². The predicted octanol–water partition coefficient (Wildman–Crippen LogP) is 2.82. The summed E-state index contributed by atoms with van der Waals surface area (Å²) in [6.07, 6.45) is 3.56. The molecule has 1 fully saturated rings. The van der Waals surface area contributed by atoms with Crippen molar-refractivity contribution in [3.8, 4) is 11.3 Å². The fourth-order valence-electron chi connectivity index (χ4n) is 3.93. The van der Waals surface area contributed by atoms with E-state index in [-0.39, 0.29) is 11.7 Å². The van der Waals surface area contributed by atoms with E-state index >= 15 is 0 Å². The zero-order chi connectivity index (χ0) is 22.3. The van der Waals surface area contributed by atoms with E-state index in [0.29, 0.717) is 6.54 Å². The first-order chi connectivity index (χ1) is 15.6. The van der Waals surface area contributed by atoms with E-state index in [9.17, 15) is 9.18 Å². The highest BCUT2D eigenvalue weighted by Crippen LogP contribution is 2.18. The number of hydrogen-bond donors (Lipinski definition) is 1. The van der Waals surface area contributed by atoms with Crippen molar-refractivity contribution in [2.24, 2.45) is 0 Å². The molecule has 0 spiro atoms. The average molecular weight is 437 g/mol. The van der Waals surface area contributed by atoms with E-state index in [1.807, 2.05) is 36.2 Å². The molecule has 32 heavy (non-hydrogen) atoms. The summed E-state index contributed by atoms with van der Waals surface area (Å²) in [6, 6.07) is 14.2. The number of carbonyl (C=O) groups is 1. The lowest BCUT2D eigenvalue weighted by molar-refractivity contribution is -0.132. The summed E-state index contributed by atoms with van der Waals surface area (Å²) in [5, 5.41) is 7.38. The average Bonchev–Trinajstić information content (AvgIpc) is 3.29. The van der Waals surface area contributed by atoms with Crippen molar-refractivity contribution >= 4 is 11.7 Å². The molecule has 8 heteroatoms. The van der Waals surface area contributed by atoms with Crippen LogP contribution in [0.15, 0.2) is 54.7 Å². The van der Waals surface area contributed by atoms with Crippen LogP contribution in [-0.4, -0.2) is 77.2 Å². The van der Waals surface area contributed by atoms with Crippen LogP contribution in [0.1, 0.15) is 12.1 Å². The van der Waals surface area contributed by atoms with Crippen molar-refractivity contribution in [2.75, 3.05) is 51.2 Å². The fourth-order valence-corrected chi connectivity index (χ4v) is 3.93. The lowest BCUT2D eigenvalue weighted by Crippen LogP contribution is -2.51. The molecule has 0 radical (unpaired) electrons. The minimum absolute atomic E-state index is 0.174. The van der Waals surface area contributed by atoms with Crippen molar-refractivity contribution in [1.29, 1.82) is 0 Å². The summed E-state index contributed by atoms with van der Waals surface area (Å²) in [7, 11) is 1.99. The van der Waals surface area contributed by atoms with Gasteiger partial charge < -0.3 is 9.80 Å². The SMILES string of the molecule is CN(CCCc1cc(-c2ccc(F)cc2)n[nH]1)CC(=O)N1CCN(c2ccccn2)CC1. The smallest absolute Gasteiger partial charge is 0.236 e. The fraction of sp³-hybridized carbons (Fsp3) is 0.375. The van der Waals surface area contributed by atoms with E-state index in [1.54, 1.807) is 18.3 Å². The first-order valence-corrected chi connectivity index (χ1v) is 11.0. The molecule has 0 aliphatic carbocycles. The van der Waals surface area contributed by atoms with Crippen molar-refractivity contribution in [1.82, 2.24) is 25.0 Å². The number of nitrogens with zero attached hydrogens (tertiary/aromatic N) is 5. The van der Waals surface area contributed by atoms with Gasteiger partial charge in [-0.05, 0) is 68.9 Å². The highest BCUT2D eigenvalue weighted by atomic mass is 19.1. The van der Waals surface area contributed by atoms with Gasteiger partial charge in [-0.25, -0.2) is 9.37 Å². The topological polar surface area (TPSA) is 68.4 Å². The minimum atomic E-state index is -0.253. The number of anilines is 1. The molecule has 1 amide bonds. The number of aromatic nitrogens is 3. The van der Waals surface area contributed by atoms with E-state index < -0.39 is 0 Å². The molecular formula is C24H29FN6O. The number of piperazine rings is 1. The second-order valence-electron chi connectivity index (χ2n) is 8.18. The van der Waals surface area contributed by atoms with E-state index in [0.717, 1.165) is 68.3 Å². The van der Waals surface area contributed by atoms with E-state index in [2.05, 4.69) is 25.0 Å². The second-order valence-corrected chi connectivity index (χ2v) is 8.18. The van der Waals surface area contributed by atoms with Gasteiger partial charge >= 0.3 is 0 Å². The summed E-state index contributed by atoms with van der Waals surface area (Å²) >= 11 is 0. The third kappa shape index (κ3) is 5.70. The number of aryl methyl sites for hydroxylation is 1. The summed E-state index contributed by atoms with van der Waals surface area (Å²) in [5.74, 6) is 0.892. The number of amides is 1. The largest absolute Gasteiger partial charge is 0.353 e. The highest BCUT2D eigenvalue weighted by molar-refractivity contribution is 5.78. The number of benzene rings is 1. The quantitative estimate of drug-likeness (QED) is 0.588. The number of aromatic amines is 1. The summed E-state index contributed by atoms with van der Waals surface area (Å²) in [4.78, 5) is 23.3. The first-order valence-electron chi connectivity index (χ1n) is 11.0. The summed E-state index contributed by atoms with van der Waals surface area (Å²) in [6.45, 7) is 4.32. The number of likely N-dealkylation sites (N-methyl/N-ethyl adjacent to an activating group) is 1. The maximum atomic E-state index is 13.1. The molecule has 0 bridgehead atoms. The summed E-state index contributed by atoms with van der Waals surface area (Å²) in [5.41, 5.74) is 2.74. The Hall–Kier alpha value is -3.26. The number of H-pyrrole nitrogens is 1. The van der Waals surface area contributed by atoms with Crippen LogP contribution >= 0.6 is 0 Å². The van der Waals surface area contributed by atoms with Gasteiger partial charge in [-0.2, -0.15) is 5.10 Å². The van der Waals surface area contributed by atoms with Gasteiger partial charge in [-0.15, -0.1) is 0 Å². The van der Waals surface area contributed by atoms with Crippen LogP contribution in [0.5, 0.6) is 0 Å². The standard InChI is InChI=1S/C24H29FN6O/c1-29(12-4-5-21-17-22(28-27-21)19-7-9-20(25)10-8-19)18-24(32)31-15-13-30(14-16-31)23-6-2-3-11-26-23/h2-3,6-11,17H,4-5,12-16,18H2,1H3,(H,27,28). The van der Waals surface area contributed by atoms with Crippen molar-refractivity contribution in [3.05, 3.63) is 66.2 Å². The molecule has 1 N–H and O–H groups in total. The number of carbonyl (C=O) groups excluding carboxylic acids is 1. The van der Waals surface area contributed by atoms with Crippen LogP contribution in [0.3, 0.4) is 0 Å². The number of halogens is 1. The number of pyridine rings is 1. The predicted molar refractivity (Wildman–Crippen MR) is 123 cm³/mol. The van der Waals surface area contributed by atoms with Crippen LogP contribution in [0, 0.1) is 5.82 Å². The van der Waals surface area contributed by atoms with Gasteiger partial charge in [0.1, 0.15) is 11.6 Å². The van der Waals surface area contributed by atoms with Crippen molar-refractivity contribution < 1.29 is 9.18 Å². The van der Waals surface area contributed by atoms with Crippen LogP contribution in [0.2, 0.25) is 0 Å². The third-order valence-corrected chi connectivity index (χ3v) is 5.77. The Kier molecular flexibility index (Phi) is 7.11. The number of hydrogen-bond acceptors (Lipinski definition) is 5. The molecule has 0 unspecified atom stereocenters. The van der Waals surface area contributed by atoms with Gasteiger partial charge in [-0.1, -0.05) is 6.07 Å². The molecule has 1 aromatic carbocycles. The highest BCUT2D eigenvalue weighted by Gasteiger charge is 2.22. The maximum absolute atomic E-state index is 13.1. The molecule has 2 aromatic heterocycles. The van der Waals surface area contributed by atoms with Gasteiger partial charge in [0, 0.05) is 43.6 Å². The third-order valence-electron chi connectivity index (χ3n) is 5.77. The van der Waals surface area contributed by atoms with Gasteiger partial charge in [0.05, 0.1) is 12.2 Å². The van der Waals surface area contributed by atoms with E-state index in [4.69, 9.17) is 0 Å². The Morgan fingerprint density at radius 2 is 1.91 bits per heavy atom. The minimum Gasteiger partial charge on any atom is -0.353 e. The number of nitrogens with one attached hydrogen (secondary N) is 1. The number of rotatable bonds is 8. The molecule has 1 aliphatic rings. The Labute approximate surface area is 187 Å². The molecule has 168 valence electrons. The lowest BCUT2D eigenvalue weighted by atomic mass is 10.1. The molecule has 3 aromatic rings. The zero-order valence-electron chi connectivity index (χ0n) is 18.4. The molecule has 3 heterocycles. The van der Waals surface area contributed by atoms with Crippen molar-refractivity contribution in [2.45, 2.75) is 12.8 Å². The van der Waals surface area contributed by atoms with Gasteiger partial charge in [0.15, 0.2) is 0 Å². The molecule has 0 saturated carbocycles. The molecule has 4 rings (SSSR count). The van der Waals surface area contributed by atoms with Gasteiger partial charge in [0.2, 0.25) is 5.91 Å². The molecular weight excluding hydrogens is 407 g/mol. The molecule has 1 aliphatic heterocycles. The monoisotopic (exact) mass is 436 g/mol. The molecule has 1 saturated heterocycles. The molecule has 0 atom stereocenters. The Morgan fingerprint density at radius 1 is 1.12 bits per heavy atom. The van der Waals surface area contributed by atoms with Gasteiger partial charge in [0.25, 0.3) is 0 Å². The Balaban J connectivity index is 1.17. The molecule has 7 nitrogen and oxygen atoms in total. The first kappa shape index (κ1) is 22.0. The second kappa shape index (κ2) is 10.4.